The highest BCUT2D eigenvalue weighted by Crippen LogP contribution is 2.34. The van der Waals surface area contributed by atoms with Gasteiger partial charge in [0.25, 0.3) is 0 Å². The number of methoxy groups -OCH3 is 2. The van der Waals surface area contributed by atoms with E-state index in [1.54, 1.807) is 20.3 Å². The first kappa shape index (κ1) is 13.8. The molecule has 0 aliphatic heterocycles. The van der Waals surface area contributed by atoms with Crippen LogP contribution < -0.4 is 9.47 Å². The topological polar surface area (TPSA) is 38.7 Å². The van der Waals surface area contributed by atoms with Gasteiger partial charge in [0.05, 0.1) is 20.3 Å². The van der Waals surface area contributed by atoms with Gasteiger partial charge in [0, 0.05) is 11.6 Å². The van der Waals surface area contributed by atoms with Gasteiger partial charge in [0.2, 0.25) is 0 Å². The third kappa shape index (κ3) is 3.37. The fourth-order valence-corrected chi connectivity index (χ4v) is 1.98. The molecule has 1 aromatic carbocycles. The Labute approximate surface area is 103 Å². The maximum atomic E-state index is 10.3. The molecule has 0 radical (unpaired) electrons. The monoisotopic (exact) mass is 238 g/mol. The Hall–Kier alpha value is -1.22. The Morgan fingerprint density at radius 1 is 1.24 bits per heavy atom. The van der Waals surface area contributed by atoms with E-state index in [0.29, 0.717) is 5.75 Å². The average Bonchev–Trinajstić information content (AvgIpc) is 2.37. The van der Waals surface area contributed by atoms with E-state index in [9.17, 15) is 5.11 Å². The van der Waals surface area contributed by atoms with Crippen LogP contribution in [0.1, 0.15) is 38.4 Å². The molecule has 0 bridgehead atoms. The zero-order chi connectivity index (χ0) is 12.8. The minimum Gasteiger partial charge on any atom is -0.497 e. The van der Waals surface area contributed by atoms with Crippen LogP contribution in [0, 0.1) is 5.92 Å². The van der Waals surface area contributed by atoms with E-state index in [2.05, 4.69) is 13.8 Å². The Kier molecular flexibility index (Phi) is 5.29. The summed E-state index contributed by atoms with van der Waals surface area (Å²) in [6.45, 7) is 4.17. The van der Waals surface area contributed by atoms with Gasteiger partial charge in [-0.1, -0.05) is 20.3 Å². The molecule has 0 saturated carbocycles. The van der Waals surface area contributed by atoms with Crippen LogP contribution in [-0.4, -0.2) is 19.3 Å². The van der Waals surface area contributed by atoms with Gasteiger partial charge < -0.3 is 14.6 Å². The summed E-state index contributed by atoms with van der Waals surface area (Å²) in [5.74, 6) is 1.64. The minimum absolute atomic E-state index is 0.224. The fourth-order valence-electron chi connectivity index (χ4n) is 1.98. The maximum Gasteiger partial charge on any atom is 0.128 e. The zero-order valence-corrected chi connectivity index (χ0v) is 11.1. The largest absolute Gasteiger partial charge is 0.497 e. The lowest BCUT2D eigenvalue weighted by Crippen LogP contribution is -2.10. The number of rotatable bonds is 6. The fraction of sp³-hybridized carbons (Fsp3) is 0.571. The van der Waals surface area contributed by atoms with E-state index in [4.69, 9.17) is 9.47 Å². The second-order valence-corrected chi connectivity index (χ2v) is 4.32. The van der Waals surface area contributed by atoms with Gasteiger partial charge >= 0.3 is 0 Å². The molecule has 17 heavy (non-hydrogen) atoms. The van der Waals surface area contributed by atoms with E-state index in [1.165, 1.54) is 0 Å². The van der Waals surface area contributed by atoms with Crippen LogP contribution in [0.4, 0.5) is 0 Å². The molecule has 0 heterocycles. The van der Waals surface area contributed by atoms with Gasteiger partial charge in [-0.05, 0) is 24.5 Å². The standard InChI is InChI=1S/C14H22O3/c1-5-6-10(2)14(15)12-8-7-11(16-3)9-13(12)17-4/h7-10,14-15H,5-6H2,1-4H3. The molecule has 1 aromatic rings. The van der Waals surface area contributed by atoms with Gasteiger partial charge in [-0.3, -0.25) is 0 Å². The van der Waals surface area contributed by atoms with Crippen molar-refractivity contribution in [2.75, 3.05) is 14.2 Å². The third-order valence-corrected chi connectivity index (χ3v) is 3.04. The highest BCUT2D eigenvalue weighted by atomic mass is 16.5. The minimum atomic E-state index is -0.490. The summed E-state index contributed by atoms with van der Waals surface area (Å²) in [4.78, 5) is 0. The van der Waals surface area contributed by atoms with Crippen LogP contribution >= 0.6 is 0 Å². The van der Waals surface area contributed by atoms with E-state index in [1.807, 2.05) is 12.1 Å². The third-order valence-electron chi connectivity index (χ3n) is 3.04. The quantitative estimate of drug-likeness (QED) is 0.827. The van der Waals surface area contributed by atoms with Crippen LogP contribution in [0.2, 0.25) is 0 Å². The average molecular weight is 238 g/mol. The predicted molar refractivity (Wildman–Crippen MR) is 68.6 cm³/mol. The first-order chi connectivity index (χ1) is 8.13. The van der Waals surface area contributed by atoms with Crippen molar-refractivity contribution in [3.8, 4) is 11.5 Å². The first-order valence-corrected chi connectivity index (χ1v) is 6.04. The summed E-state index contributed by atoms with van der Waals surface area (Å²) in [6, 6.07) is 5.52. The molecule has 1 rings (SSSR count). The van der Waals surface area contributed by atoms with E-state index < -0.39 is 6.10 Å². The number of benzene rings is 1. The maximum absolute atomic E-state index is 10.3. The summed E-state index contributed by atoms with van der Waals surface area (Å²) in [5.41, 5.74) is 0.828. The lowest BCUT2D eigenvalue weighted by Gasteiger charge is -2.21. The SMILES string of the molecule is CCCC(C)C(O)c1ccc(OC)cc1OC. The van der Waals surface area contributed by atoms with E-state index in [-0.39, 0.29) is 5.92 Å². The lowest BCUT2D eigenvalue weighted by atomic mass is 9.93. The molecule has 0 saturated heterocycles. The summed E-state index contributed by atoms with van der Waals surface area (Å²) in [6.07, 6.45) is 1.57. The van der Waals surface area contributed by atoms with Crippen molar-refractivity contribution < 1.29 is 14.6 Å². The van der Waals surface area contributed by atoms with Crippen LogP contribution in [0.25, 0.3) is 0 Å². The highest BCUT2D eigenvalue weighted by Gasteiger charge is 2.19. The Morgan fingerprint density at radius 3 is 2.47 bits per heavy atom. The molecule has 0 fully saturated rings. The van der Waals surface area contributed by atoms with Crippen LogP contribution in [0.5, 0.6) is 11.5 Å². The molecule has 0 aromatic heterocycles. The van der Waals surface area contributed by atoms with Crippen molar-refractivity contribution in [2.45, 2.75) is 32.8 Å². The van der Waals surface area contributed by atoms with Crippen molar-refractivity contribution in [3.63, 3.8) is 0 Å². The number of hydrogen-bond acceptors (Lipinski definition) is 3. The first-order valence-electron chi connectivity index (χ1n) is 6.04. The van der Waals surface area contributed by atoms with Crippen LogP contribution in [0.3, 0.4) is 0 Å². The summed E-state index contributed by atoms with van der Waals surface area (Å²) in [5, 5.41) is 10.3. The smallest absolute Gasteiger partial charge is 0.128 e. The number of hydrogen-bond donors (Lipinski definition) is 1. The van der Waals surface area contributed by atoms with Crippen molar-refractivity contribution in [2.24, 2.45) is 5.92 Å². The molecule has 0 amide bonds. The van der Waals surface area contributed by atoms with Crippen LogP contribution in [0.15, 0.2) is 18.2 Å². The number of aliphatic hydroxyl groups excluding tert-OH is 1. The molecule has 3 heteroatoms. The van der Waals surface area contributed by atoms with Crippen molar-refractivity contribution >= 4 is 0 Å². The Bertz CT molecular complexity index is 349. The van der Waals surface area contributed by atoms with Crippen LogP contribution in [-0.2, 0) is 0 Å². The van der Waals surface area contributed by atoms with E-state index >= 15 is 0 Å². The molecule has 96 valence electrons. The van der Waals surface area contributed by atoms with Crippen molar-refractivity contribution in [3.05, 3.63) is 23.8 Å². The molecule has 0 aliphatic rings. The van der Waals surface area contributed by atoms with Gasteiger partial charge in [-0.15, -0.1) is 0 Å². The summed E-state index contributed by atoms with van der Waals surface area (Å²) in [7, 11) is 3.22. The molecular weight excluding hydrogens is 216 g/mol. The molecule has 3 nitrogen and oxygen atoms in total. The molecular formula is C14H22O3. The van der Waals surface area contributed by atoms with Crippen molar-refractivity contribution in [1.29, 1.82) is 0 Å². The van der Waals surface area contributed by atoms with Crippen molar-refractivity contribution in [1.82, 2.24) is 0 Å². The zero-order valence-electron chi connectivity index (χ0n) is 11.1. The summed E-state index contributed by atoms with van der Waals surface area (Å²) < 4.78 is 10.4. The second kappa shape index (κ2) is 6.50. The van der Waals surface area contributed by atoms with Gasteiger partial charge in [-0.25, -0.2) is 0 Å². The molecule has 2 unspecified atom stereocenters. The normalized spacial score (nSPS) is 14.2. The van der Waals surface area contributed by atoms with Gasteiger partial charge in [0.1, 0.15) is 11.5 Å². The molecule has 0 spiro atoms. The molecule has 0 aliphatic carbocycles. The van der Waals surface area contributed by atoms with Gasteiger partial charge in [-0.2, -0.15) is 0 Å². The number of aliphatic hydroxyl groups is 1. The predicted octanol–water partition coefficient (Wildman–Crippen LogP) is 3.17. The van der Waals surface area contributed by atoms with E-state index in [0.717, 1.165) is 24.2 Å². The second-order valence-electron chi connectivity index (χ2n) is 4.32. The Balaban J connectivity index is 2.96. The summed E-state index contributed by atoms with van der Waals surface area (Å²) >= 11 is 0. The lowest BCUT2D eigenvalue weighted by molar-refractivity contribution is 0.109. The highest BCUT2D eigenvalue weighted by molar-refractivity contribution is 5.42. The molecule has 1 N–H and O–H groups in total. The Morgan fingerprint density at radius 2 is 1.94 bits per heavy atom. The molecule has 2 atom stereocenters. The van der Waals surface area contributed by atoms with Gasteiger partial charge in [0.15, 0.2) is 0 Å². The number of ether oxygens (including phenoxy) is 2.